The molecule has 0 saturated heterocycles. The second-order valence-electron chi connectivity index (χ2n) is 6.58. The summed E-state index contributed by atoms with van der Waals surface area (Å²) < 4.78 is 47.5. The molecule has 0 radical (unpaired) electrons. The number of sulfone groups is 2. The first-order chi connectivity index (χ1) is 14.6. The van der Waals surface area contributed by atoms with Crippen LogP contribution < -0.4 is 0 Å². The van der Waals surface area contributed by atoms with Crippen LogP contribution >= 0.6 is 23.2 Å². The van der Waals surface area contributed by atoms with Crippen molar-refractivity contribution in [2.24, 2.45) is 0 Å². The Hall–Kier alpha value is -2.00. The third-order valence-electron chi connectivity index (χ3n) is 4.23. The molecule has 0 aliphatic heterocycles. The van der Waals surface area contributed by atoms with Crippen molar-refractivity contribution in [3.8, 4) is 0 Å². The van der Waals surface area contributed by atoms with E-state index in [-0.39, 0.29) is 39.5 Å². The highest BCUT2D eigenvalue weighted by Gasteiger charge is 2.16. The number of alkyl halides is 2. The Morgan fingerprint density at radius 1 is 0.806 bits per heavy atom. The van der Waals surface area contributed by atoms with Crippen LogP contribution in [-0.2, 0) is 30.2 Å². The van der Waals surface area contributed by atoms with Gasteiger partial charge in [0, 0.05) is 17.3 Å². The molecule has 0 atom stereocenters. The molecule has 166 valence electrons. The molecular weight excluding hydrogens is 483 g/mol. The average molecular weight is 503 g/mol. The number of carbonyl (C=O) groups excluding carboxylic acids is 2. The van der Waals surface area contributed by atoms with Crippen molar-refractivity contribution < 1.29 is 26.4 Å². The molecule has 0 aliphatic carbocycles. The lowest BCUT2D eigenvalue weighted by Crippen LogP contribution is -2.12. The molecule has 6 nitrogen and oxygen atoms in total. The normalized spacial score (nSPS) is 12.2. The Morgan fingerprint density at radius 3 is 1.94 bits per heavy atom. The Balaban J connectivity index is 2.05. The number of carbonyl (C=O) groups is 2. The van der Waals surface area contributed by atoms with E-state index in [1.807, 2.05) is 0 Å². The van der Waals surface area contributed by atoms with E-state index in [2.05, 4.69) is 0 Å². The smallest absolute Gasteiger partial charge is 0.232 e. The van der Waals surface area contributed by atoms with Crippen molar-refractivity contribution in [1.29, 1.82) is 0 Å². The third-order valence-corrected chi connectivity index (χ3v) is 8.38. The van der Waals surface area contributed by atoms with Gasteiger partial charge in [-0.2, -0.15) is 0 Å². The fourth-order valence-corrected chi connectivity index (χ4v) is 5.98. The van der Waals surface area contributed by atoms with Crippen molar-refractivity contribution in [2.45, 2.75) is 10.6 Å². The first-order valence-corrected chi connectivity index (χ1v) is 13.6. The minimum Gasteiger partial charge on any atom is -0.286 e. The summed E-state index contributed by atoms with van der Waals surface area (Å²) in [7, 11) is -6.78. The molecule has 0 aromatic heterocycles. The summed E-state index contributed by atoms with van der Waals surface area (Å²) in [6.45, 7) is 0. The number of hydrogen-bond acceptors (Lipinski definition) is 6. The van der Waals surface area contributed by atoms with Gasteiger partial charge in [-0.05, 0) is 29.3 Å². The van der Waals surface area contributed by atoms with Gasteiger partial charge in [-0.1, -0.05) is 42.5 Å². The molecule has 0 amide bonds. The van der Waals surface area contributed by atoms with Gasteiger partial charge >= 0.3 is 0 Å². The van der Waals surface area contributed by atoms with Crippen LogP contribution in [0.4, 0.5) is 0 Å². The molecule has 0 heterocycles. The lowest BCUT2D eigenvalue weighted by molar-refractivity contribution is -0.110. The molecule has 0 spiro atoms. The molecule has 0 N–H and O–H groups in total. The highest BCUT2D eigenvalue weighted by molar-refractivity contribution is 7.91. The van der Waals surface area contributed by atoms with Crippen LogP contribution in [0.15, 0.2) is 59.5 Å². The first-order valence-electron chi connectivity index (χ1n) is 9.09. The van der Waals surface area contributed by atoms with Gasteiger partial charge in [-0.3, -0.25) is 9.59 Å². The minimum atomic E-state index is -3.45. The van der Waals surface area contributed by atoms with Crippen molar-refractivity contribution in [3.05, 3.63) is 71.3 Å². The molecule has 2 aromatic rings. The zero-order valence-electron chi connectivity index (χ0n) is 16.3. The fourth-order valence-electron chi connectivity index (χ4n) is 2.59. The predicted molar refractivity (Wildman–Crippen MR) is 122 cm³/mol. The molecule has 0 saturated carbocycles. The van der Waals surface area contributed by atoms with Gasteiger partial charge in [0.15, 0.2) is 19.7 Å². The number of benzene rings is 2. The van der Waals surface area contributed by atoms with Crippen LogP contribution in [0.1, 0.15) is 21.5 Å². The molecule has 0 unspecified atom stereocenters. The summed E-state index contributed by atoms with van der Waals surface area (Å²) in [4.78, 5) is 24.6. The maximum absolute atomic E-state index is 12.3. The standard InChI is InChI=1S/C21H20Cl2O6S2/c22-11-13-30(26,27)15-17-1-6-18(7-2-17)21(25)20(24)10-5-16-3-8-19(9-4-16)31(28,29)14-12-23/h1-10H,11-15H2. The van der Waals surface area contributed by atoms with Crippen LogP contribution in [0.5, 0.6) is 0 Å². The van der Waals surface area contributed by atoms with E-state index in [1.165, 1.54) is 54.6 Å². The second kappa shape index (κ2) is 11.0. The Bertz CT molecular complexity index is 1170. The van der Waals surface area contributed by atoms with Crippen molar-refractivity contribution in [2.75, 3.05) is 23.3 Å². The van der Waals surface area contributed by atoms with Crippen LogP contribution in [0.25, 0.3) is 6.08 Å². The summed E-state index contributed by atoms with van der Waals surface area (Å²) in [6.07, 6.45) is 2.51. The molecule has 2 aromatic carbocycles. The van der Waals surface area contributed by atoms with Crippen molar-refractivity contribution >= 4 is 60.5 Å². The Morgan fingerprint density at radius 2 is 1.39 bits per heavy atom. The summed E-state index contributed by atoms with van der Waals surface area (Å²) >= 11 is 11.0. The maximum atomic E-state index is 12.3. The van der Waals surface area contributed by atoms with E-state index < -0.39 is 31.2 Å². The lowest BCUT2D eigenvalue weighted by atomic mass is 10.0. The predicted octanol–water partition coefficient (Wildman–Crippen LogP) is 3.32. The quantitative estimate of drug-likeness (QED) is 0.202. The largest absolute Gasteiger partial charge is 0.286 e. The summed E-state index contributed by atoms with van der Waals surface area (Å²) in [5.41, 5.74) is 1.18. The number of hydrogen-bond donors (Lipinski definition) is 0. The topological polar surface area (TPSA) is 102 Å². The SMILES string of the molecule is O=C(C=Cc1ccc(S(=O)(=O)CCCl)cc1)C(=O)c1ccc(CS(=O)(=O)CCCl)cc1. The van der Waals surface area contributed by atoms with Gasteiger partial charge in [-0.15, -0.1) is 23.2 Å². The zero-order chi connectivity index (χ0) is 23.1. The Labute approximate surface area is 191 Å². The van der Waals surface area contributed by atoms with Gasteiger partial charge in [0.05, 0.1) is 22.2 Å². The van der Waals surface area contributed by atoms with E-state index in [4.69, 9.17) is 23.2 Å². The molecule has 0 aliphatic rings. The molecule has 2 rings (SSSR count). The number of ketones is 2. The number of Topliss-reactive ketones (excluding diaryl/α,β-unsaturated/α-hetero) is 1. The van der Waals surface area contributed by atoms with E-state index in [0.717, 1.165) is 6.08 Å². The van der Waals surface area contributed by atoms with Crippen LogP contribution in [0.2, 0.25) is 0 Å². The Kier molecular flexibility index (Phi) is 9.00. The monoisotopic (exact) mass is 502 g/mol. The third kappa shape index (κ3) is 7.57. The molecule has 0 bridgehead atoms. The molecule has 0 fully saturated rings. The van der Waals surface area contributed by atoms with Crippen molar-refractivity contribution in [3.63, 3.8) is 0 Å². The van der Waals surface area contributed by atoms with Crippen LogP contribution in [0.3, 0.4) is 0 Å². The first kappa shape index (κ1) is 25.3. The number of allylic oxidation sites excluding steroid dienone is 1. The molecular formula is C21H20Cl2O6S2. The maximum Gasteiger partial charge on any atom is 0.232 e. The molecule has 31 heavy (non-hydrogen) atoms. The highest BCUT2D eigenvalue weighted by atomic mass is 35.5. The summed E-state index contributed by atoms with van der Waals surface area (Å²) in [5, 5.41) is 0. The van der Waals surface area contributed by atoms with Gasteiger partial charge in [0.1, 0.15) is 0 Å². The van der Waals surface area contributed by atoms with E-state index >= 15 is 0 Å². The van der Waals surface area contributed by atoms with Crippen molar-refractivity contribution in [1.82, 2.24) is 0 Å². The fraction of sp³-hybridized carbons (Fsp3) is 0.238. The zero-order valence-corrected chi connectivity index (χ0v) is 19.5. The van der Waals surface area contributed by atoms with Crippen LogP contribution in [0, 0.1) is 0 Å². The average Bonchev–Trinajstić information content (AvgIpc) is 2.72. The van der Waals surface area contributed by atoms with Gasteiger partial charge in [-0.25, -0.2) is 16.8 Å². The lowest BCUT2D eigenvalue weighted by Gasteiger charge is -2.04. The van der Waals surface area contributed by atoms with Crippen LogP contribution in [-0.4, -0.2) is 51.7 Å². The minimum absolute atomic E-state index is 0.00565. The number of rotatable bonds is 11. The van der Waals surface area contributed by atoms with E-state index in [9.17, 15) is 26.4 Å². The van der Waals surface area contributed by atoms with E-state index in [1.54, 1.807) is 0 Å². The molecule has 10 heteroatoms. The number of halogens is 2. The highest BCUT2D eigenvalue weighted by Crippen LogP contribution is 2.15. The van der Waals surface area contributed by atoms with E-state index in [0.29, 0.717) is 11.1 Å². The van der Waals surface area contributed by atoms with Gasteiger partial charge in [0.25, 0.3) is 0 Å². The summed E-state index contributed by atoms with van der Waals surface area (Å²) in [6, 6.07) is 11.6. The van der Waals surface area contributed by atoms with Gasteiger partial charge in [0.2, 0.25) is 11.6 Å². The second-order valence-corrected chi connectivity index (χ2v) is 11.6. The summed E-state index contributed by atoms with van der Waals surface area (Å²) in [5.74, 6) is -2.02. The van der Waals surface area contributed by atoms with Gasteiger partial charge < -0.3 is 0 Å².